The minimum absolute atomic E-state index is 0.152. The molecule has 0 aromatic carbocycles. The number of aliphatic hydroxyl groups is 4. The van der Waals surface area contributed by atoms with Crippen LogP contribution in [0.1, 0.15) is 93.0 Å². The van der Waals surface area contributed by atoms with Gasteiger partial charge in [0.2, 0.25) is 0 Å². The van der Waals surface area contributed by atoms with Crippen LogP contribution in [0, 0.1) is 56.7 Å². The zero-order valence-corrected chi connectivity index (χ0v) is 30.7. The molecule has 280 valence electrons. The third-order valence-corrected chi connectivity index (χ3v) is 16.0. The van der Waals surface area contributed by atoms with E-state index in [0.29, 0.717) is 32.0 Å². The van der Waals surface area contributed by atoms with Crippen molar-refractivity contribution < 1.29 is 44.5 Å². The molecular formula is C38H59N3O9. The summed E-state index contributed by atoms with van der Waals surface area (Å²) in [5, 5.41) is 61.6. The first-order valence-corrected chi connectivity index (χ1v) is 18.8. The highest BCUT2D eigenvalue weighted by atomic mass is 16.7. The van der Waals surface area contributed by atoms with Gasteiger partial charge in [0, 0.05) is 17.0 Å². The van der Waals surface area contributed by atoms with Gasteiger partial charge in [0.05, 0.1) is 44.1 Å². The Labute approximate surface area is 295 Å². The van der Waals surface area contributed by atoms with Crippen molar-refractivity contribution in [3.8, 4) is 0 Å². The van der Waals surface area contributed by atoms with Crippen molar-refractivity contribution in [2.45, 2.75) is 130 Å². The quantitative estimate of drug-likeness (QED) is 0.208. The summed E-state index contributed by atoms with van der Waals surface area (Å²) >= 11 is 0. The number of carboxylic acid groups (broad SMARTS) is 1. The van der Waals surface area contributed by atoms with Crippen LogP contribution in [0.25, 0.3) is 0 Å². The first-order chi connectivity index (χ1) is 23.5. The number of allylic oxidation sites excluding steroid dienone is 1. The molecule has 1 unspecified atom stereocenters. The largest absolute Gasteiger partial charge is 0.481 e. The SMILES string of the molecule is CC(C)[C@@H](C)[C@@]1(C)CC[C@]2(C)[C@H]3CC[C@H]4C5(C)COC[C@@]4(C[C@@H](n4ccnn4)[C@@H]5O[C@@H]4O[C@H](CO)[C@@H](O)[C@H](O)[C@H]4O)C3=CC[C@@]2(C)[C@@H]1C(=O)O. The van der Waals surface area contributed by atoms with Crippen LogP contribution in [-0.2, 0) is 19.0 Å². The maximum Gasteiger partial charge on any atom is 0.307 e. The molecule has 2 bridgehead atoms. The number of aliphatic hydroxyl groups excluding tert-OH is 4. The van der Waals surface area contributed by atoms with E-state index >= 15 is 0 Å². The summed E-state index contributed by atoms with van der Waals surface area (Å²) in [4.78, 5) is 13.4. The van der Waals surface area contributed by atoms with Crippen molar-refractivity contribution in [3.05, 3.63) is 24.0 Å². The highest BCUT2D eigenvalue weighted by Gasteiger charge is 2.72. The van der Waals surface area contributed by atoms with Gasteiger partial charge in [-0.25, -0.2) is 4.68 Å². The monoisotopic (exact) mass is 701 g/mol. The number of fused-ring (bicyclic) bond motifs is 3. The van der Waals surface area contributed by atoms with Crippen LogP contribution >= 0.6 is 0 Å². The molecule has 16 atom stereocenters. The highest BCUT2D eigenvalue weighted by molar-refractivity contribution is 5.73. The van der Waals surface area contributed by atoms with Crippen molar-refractivity contribution in [1.82, 2.24) is 15.0 Å². The number of rotatable bonds is 7. The Bertz CT molecular complexity index is 1470. The average Bonchev–Trinajstić information content (AvgIpc) is 3.61. The van der Waals surface area contributed by atoms with Crippen LogP contribution in [0.2, 0.25) is 0 Å². The van der Waals surface area contributed by atoms with Gasteiger partial charge in [-0.3, -0.25) is 4.79 Å². The lowest BCUT2D eigenvalue weighted by molar-refractivity contribution is -0.343. The number of carbonyl (C=O) groups is 1. The molecule has 12 nitrogen and oxygen atoms in total. The second-order valence-corrected chi connectivity index (χ2v) is 18.3. The molecule has 1 aromatic heterocycles. The molecule has 0 radical (unpaired) electrons. The summed E-state index contributed by atoms with van der Waals surface area (Å²) in [6, 6.07) is -0.330. The molecule has 0 amide bonds. The summed E-state index contributed by atoms with van der Waals surface area (Å²) in [7, 11) is 0. The lowest BCUT2D eigenvalue weighted by Crippen LogP contribution is -2.70. The van der Waals surface area contributed by atoms with E-state index < -0.39 is 66.1 Å². The van der Waals surface area contributed by atoms with E-state index in [1.54, 1.807) is 6.20 Å². The van der Waals surface area contributed by atoms with Crippen LogP contribution in [0.15, 0.2) is 24.0 Å². The lowest BCUT2D eigenvalue weighted by atomic mass is 9.34. The number of nitrogens with zero attached hydrogens (tertiary/aromatic N) is 3. The second kappa shape index (κ2) is 12.3. The van der Waals surface area contributed by atoms with Crippen molar-refractivity contribution in [3.63, 3.8) is 0 Å². The van der Waals surface area contributed by atoms with Gasteiger partial charge < -0.3 is 39.7 Å². The summed E-state index contributed by atoms with van der Waals surface area (Å²) in [5.41, 5.74) is -0.506. The maximum atomic E-state index is 13.4. The molecule has 50 heavy (non-hydrogen) atoms. The van der Waals surface area contributed by atoms with Crippen LogP contribution < -0.4 is 0 Å². The Morgan fingerprint density at radius 1 is 1.04 bits per heavy atom. The maximum absolute atomic E-state index is 13.4. The minimum Gasteiger partial charge on any atom is -0.481 e. The molecule has 2 saturated heterocycles. The van der Waals surface area contributed by atoms with E-state index in [1.807, 2.05) is 10.9 Å². The number of aromatic nitrogens is 3. The molecule has 1 aromatic rings. The molecule has 5 N–H and O–H groups in total. The minimum atomic E-state index is -1.55. The van der Waals surface area contributed by atoms with E-state index in [9.17, 15) is 30.3 Å². The zero-order chi connectivity index (χ0) is 36.2. The molecule has 6 aliphatic rings. The molecule has 3 heterocycles. The smallest absolute Gasteiger partial charge is 0.307 e. The van der Waals surface area contributed by atoms with Crippen LogP contribution in [0.3, 0.4) is 0 Å². The predicted molar refractivity (Wildman–Crippen MR) is 181 cm³/mol. The van der Waals surface area contributed by atoms with E-state index in [1.165, 1.54) is 5.57 Å². The summed E-state index contributed by atoms with van der Waals surface area (Å²) in [5.74, 6) is -0.160. The van der Waals surface area contributed by atoms with E-state index in [2.05, 4.69) is 64.9 Å². The third-order valence-electron chi connectivity index (χ3n) is 16.0. The van der Waals surface area contributed by atoms with E-state index in [4.69, 9.17) is 14.2 Å². The summed E-state index contributed by atoms with van der Waals surface area (Å²) in [6.45, 7) is 16.1. The topological polar surface area (TPSA) is 177 Å². The van der Waals surface area contributed by atoms with Gasteiger partial charge in [0.1, 0.15) is 24.4 Å². The van der Waals surface area contributed by atoms with Gasteiger partial charge >= 0.3 is 5.97 Å². The van der Waals surface area contributed by atoms with Crippen molar-refractivity contribution in [2.75, 3.05) is 19.8 Å². The van der Waals surface area contributed by atoms with Gasteiger partial charge in [0.15, 0.2) is 6.29 Å². The first-order valence-electron chi connectivity index (χ1n) is 18.8. The zero-order valence-electron chi connectivity index (χ0n) is 30.7. The first kappa shape index (κ1) is 36.4. The van der Waals surface area contributed by atoms with E-state index in [0.717, 1.165) is 25.7 Å². The van der Waals surface area contributed by atoms with Gasteiger partial charge in [-0.1, -0.05) is 65.3 Å². The Hall–Kier alpha value is -1.93. The van der Waals surface area contributed by atoms with Crippen molar-refractivity contribution in [2.24, 2.45) is 56.7 Å². The number of aliphatic carboxylic acids is 1. The highest BCUT2D eigenvalue weighted by Crippen LogP contribution is 2.75. The van der Waals surface area contributed by atoms with Gasteiger partial charge in [-0.15, -0.1) is 5.10 Å². The normalized spacial score (nSPS) is 50.8. The van der Waals surface area contributed by atoms with E-state index in [-0.39, 0.29) is 40.0 Å². The Kier molecular flexibility index (Phi) is 8.97. The fourth-order valence-corrected chi connectivity index (χ4v) is 12.8. The molecule has 12 heteroatoms. The van der Waals surface area contributed by atoms with Gasteiger partial charge in [-0.05, 0) is 78.4 Å². The number of hydrogen-bond donors (Lipinski definition) is 5. The fourth-order valence-electron chi connectivity index (χ4n) is 12.8. The Balaban J connectivity index is 1.29. The Morgan fingerprint density at radius 2 is 1.78 bits per heavy atom. The molecule has 3 saturated carbocycles. The summed E-state index contributed by atoms with van der Waals surface area (Å²) in [6.07, 6.45) is 3.36. The molecule has 7 rings (SSSR count). The lowest BCUT2D eigenvalue weighted by Gasteiger charge is -2.71. The Morgan fingerprint density at radius 3 is 2.42 bits per heavy atom. The molecule has 0 spiro atoms. The number of ether oxygens (including phenoxy) is 3. The fraction of sp³-hybridized carbons (Fsp3) is 0.868. The number of hydrogen-bond acceptors (Lipinski definition) is 10. The second-order valence-electron chi connectivity index (χ2n) is 18.3. The third kappa shape index (κ3) is 4.84. The standard InChI is InChI=1S/C38H59N3O9/c1-20(2)21(3)34(4)12-13-36(6)22-8-9-26-35(5)18-48-19-38(26,23(22)10-11-37(36,7)30(34)32(46)47)16-24(41-15-14-39-40-41)31(35)50-33-29(45)28(44)27(43)25(17-42)49-33/h10,14-15,20-22,24-31,33,42-45H,8-9,11-13,16-19H2,1-7H3,(H,46,47)/t21-,22+,24-,25-,26+,27-,28+,29-,30-,31+,33+,34-,35?,36-,37+,38+/m1/s1. The van der Waals surface area contributed by atoms with Crippen LogP contribution in [-0.4, -0.2) is 103 Å². The van der Waals surface area contributed by atoms with Crippen molar-refractivity contribution in [1.29, 1.82) is 0 Å². The van der Waals surface area contributed by atoms with Crippen LogP contribution in [0.4, 0.5) is 0 Å². The van der Waals surface area contributed by atoms with Crippen LogP contribution in [0.5, 0.6) is 0 Å². The summed E-state index contributed by atoms with van der Waals surface area (Å²) < 4.78 is 21.0. The molecule has 4 aliphatic carbocycles. The van der Waals surface area contributed by atoms with Crippen molar-refractivity contribution >= 4 is 5.97 Å². The molecule has 5 fully saturated rings. The molecular weight excluding hydrogens is 642 g/mol. The predicted octanol–water partition coefficient (Wildman–Crippen LogP) is 3.59. The number of carboxylic acids is 1. The molecule has 2 aliphatic heterocycles. The average molecular weight is 702 g/mol. The van der Waals surface area contributed by atoms with Gasteiger partial charge in [0.25, 0.3) is 0 Å². The van der Waals surface area contributed by atoms with Gasteiger partial charge in [-0.2, -0.15) is 0 Å².